The molecule has 6 heteroatoms. The van der Waals surface area contributed by atoms with Crippen LogP contribution < -0.4 is 9.47 Å². The van der Waals surface area contributed by atoms with Crippen LogP contribution in [0.4, 0.5) is 13.2 Å². The van der Waals surface area contributed by atoms with Crippen LogP contribution in [0.1, 0.15) is 17.2 Å². The molecule has 0 aliphatic heterocycles. The molecule has 0 aliphatic carbocycles. The molecule has 0 bridgehead atoms. The molecular formula is C15H13F3O3. The zero-order valence-corrected chi connectivity index (χ0v) is 11.1. The standard InChI is InChI=1S/C15H13F3O3/c1-20-12-7-6-9(16)8-11(12)14(19)10-4-2-3-5-13(10)21-15(17)18/h2-8,14-15,19H,1H3. The maximum Gasteiger partial charge on any atom is 0.387 e. The lowest BCUT2D eigenvalue weighted by molar-refractivity contribution is -0.0512. The van der Waals surface area contributed by atoms with E-state index in [1.165, 1.54) is 37.4 Å². The van der Waals surface area contributed by atoms with Gasteiger partial charge in [0, 0.05) is 11.1 Å². The van der Waals surface area contributed by atoms with Crippen molar-refractivity contribution in [1.29, 1.82) is 0 Å². The van der Waals surface area contributed by atoms with Gasteiger partial charge < -0.3 is 14.6 Å². The second kappa shape index (κ2) is 6.49. The Kier molecular flexibility index (Phi) is 4.70. The monoisotopic (exact) mass is 298 g/mol. The summed E-state index contributed by atoms with van der Waals surface area (Å²) in [6.07, 6.45) is -1.36. The molecule has 3 nitrogen and oxygen atoms in total. The average molecular weight is 298 g/mol. The fourth-order valence-electron chi connectivity index (χ4n) is 2.00. The van der Waals surface area contributed by atoms with Crippen molar-refractivity contribution >= 4 is 0 Å². The maximum absolute atomic E-state index is 13.4. The maximum atomic E-state index is 13.4. The Morgan fingerprint density at radius 2 is 1.71 bits per heavy atom. The molecule has 0 aliphatic rings. The van der Waals surface area contributed by atoms with Crippen molar-refractivity contribution in [1.82, 2.24) is 0 Å². The van der Waals surface area contributed by atoms with E-state index >= 15 is 0 Å². The molecule has 0 radical (unpaired) electrons. The third-order valence-corrected chi connectivity index (χ3v) is 2.92. The number of hydrogen-bond acceptors (Lipinski definition) is 3. The molecule has 0 spiro atoms. The van der Waals surface area contributed by atoms with E-state index in [4.69, 9.17) is 4.74 Å². The summed E-state index contributed by atoms with van der Waals surface area (Å²) in [6, 6.07) is 9.40. The number of halogens is 3. The van der Waals surface area contributed by atoms with Gasteiger partial charge in [0.15, 0.2) is 0 Å². The molecular weight excluding hydrogens is 285 g/mol. The Bertz CT molecular complexity index is 617. The first-order valence-electron chi connectivity index (χ1n) is 6.08. The molecule has 21 heavy (non-hydrogen) atoms. The van der Waals surface area contributed by atoms with Crippen molar-refractivity contribution in [3.8, 4) is 11.5 Å². The number of alkyl halides is 2. The van der Waals surface area contributed by atoms with Crippen LogP contribution in [0.15, 0.2) is 42.5 Å². The minimum absolute atomic E-state index is 0.0988. The number of aliphatic hydroxyl groups is 1. The fraction of sp³-hybridized carbons (Fsp3) is 0.200. The molecule has 2 rings (SSSR count). The smallest absolute Gasteiger partial charge is 0.387 e. The number of hydrogen-bond donors (Lipinski definition) is 1. The zero-order valence-electron chi connectivity index (χ0n) is 11.1. The zero-order chi connectivity index (χ0) is 15.4. The van der Waals surface area contributed by atoms with Crippen LogP contribution in [0.5, 0.6) is 11.5 Å². The summed E-state index contributed by atoms with van der Waals surface area (Å²) >= 11 is 0. The van der Waals surface area contributed by atoms with E-state index in [0.29, 0.717) is 0 Å². The van der Waals surface area contributed by atoms with Crippen molar-refractivity contribution in [2.24, 2.45) is 0 Å². The highest BCUT2D eigenvalue weighted by atomic mass is 19.3. The Morgan fingerprint density at radius 1 is 1.00 bits per heavy atom. The number of para-hydroxylation sites is 1. The van der Waals surface area contributed by atoms with Gasteiger partial charge in [-0.15, -0.1) is 0 Å². The number of ether oxygens (including phenoxy) is 2. The average Bonchev–Trinajstić information content (AvgIpc) is 2.46. The minimum Gasteiger partial charge on any atom is -0.496 e. The second-order valence-corrected chi connectivity index (χ2v) is 4.21. The molecule has 0 saturated carbocycles. The van der Waals surface area contributed by atoms with Crippen molar-refractivity contribution in [2.45, 2.75) is 12.7 Å². The third kappa shape index (κ3) is 3.46. The highest BCUT2D eigenvalue weighted by Crippen LogP contribution is 2.35. The van der Waals surface area contributed by atoms with Crippen molar-refractivity contribution < 1.29 is 27.8 Å². The highest BCUT2D eigenvalue weighted by Gasteiger charge is 2.21. The quantitative estimate of drug-likeness (QED) is 0.918. The predicted octanol–water partition coefficient (Wildman–Crippen LogP) is 3.52. The van der Waals surface area contributed by atoms with Gasteiger partial charge in [0.25, 0.3) is 0 Å². The topological polar surface area (TPSA) is 38.7 Å². The molecule has 0 heterocycles. The first-order chi connectivity index (χ1) is 10.0. The molecule has 0 saturated heterocycles. The predicted molar refractivity (Wildman–Crippen MR) is 70.1 cm³/mol. The van der Waals surface area contributed by atoms with E-state index in [9.17, 15) is 18.3 Å². The summed E-state index contributed by atoms with van der Waals surface area (Å²) in [5, 5.41) is 10.4. The van der Waals surface area contributed by atoms with Crippen LogP contribution in [-0.2, 0) is 0 Å². The highest BCUT2D eigenvalue weighted by molar-refractivity contribution is 5.45. The van der Waals surface area contributed by atoms with Gasteiger partial charge in [-0.1, -0.05) is 18.2 Å². The summed E-state index contributed by atoms with van der Waals surface area (Å²) in [7, 11) is 1.37. The van der Waals surface area contributed by atoms with Gasteiger partial charge in [0.2, 0.25) is 0 Å². The van der Waals surface area contributed by atoms with Gasteiger partial charge in [-0.3, -0.25) is 0 Å². The molecule has 0 fully saturated rings. The summed E-state index contributed by atoms with van der Waals surface area (Å²) in [5.74, 6) is -0.501. The van der Waals surface area contributed by atoms with Crippen molar-refractivity contribution in [2.75, 3.05) is 7.11 Å². The van der Waals surface area contributed by atoms with Crippen molar-refractivity contribution in [3.63, 3.8) is 0 Å². The van der Waals surface area contributed by atoms with E-state index in [1.54, 1.807) is 6.07 Å². The van der Waals surface area contributed by atoms with Crippen LogP contribution in [0.25, 0.3) is 0 Å². The molecule has 1 unspecified atom stereocenters. The fourth-order valence-corrected chi connectivity index (χ4v) is 2.00. The van der Waals surface area contributed by atoms with Crippen molar-refractivity contribution in [3.05, 3.63) is 59.4 Å². The lowest BCUT2D eigenvalue weighted by Crippen LogP contribution is -2.09. The first kappa shape index (κ1) is 15.2. The number of benzene rings is 2. The number of methoxy groups -OCH3 is 1. The Balaban J connectivity index is 2.45. The van der Waals surface area contributed by atoms with E-state index in [-0.39, 0.29) is 22.6 Å². The van der Waals surface area contributed by atoms with E-state index in [0.717, 1.165) is 6.07 Å². The largest absolute Gasteiger partial charge is 0.496 e. The van der Waals surface area contributed by atoms with E-state index in [1.807, 2.05) is 0 Å². The SMILES string of the molecule is COc1ccc(F)cc1C(O)c1ccccc1OC(F)F. The Hall–Kier alpha value is -2.21. The van der Waals surface area contributed by atoms with Gasteiger partial charge in [-0.25, -0.2) is 4.39 Å². The van der Waals surface area contributed by atoms with Gasteiger partial charge >= 0.3 is 6.61 Å². The molecule has 1 atom stereocenters. The number of aliphatic hydroxyl groups excluding tert-OH is 1. The molecule has 0 aromatic heterocycles. The Labute approximate surface area is 119 Å². The lowest BCUT2D eigenvalue weighted by atomic mass is 9.99. The van der Waals surface area contributed by atoms with Crippen LogP contribution in [-0.4, -0.2) is 18.8 Å². The normalized spacial score (nSPS) is 12.3. The van der Waals surface area contributed by atoms with Gasteiger partial charge in [-0.05, 0) is 24.3 Å². The van der Waals surface area contributed by atoms with E-state index < -0.39 is 18.5 Å². The number of rotatable bonds is 5. The summed E-state index contributed by atoms with van der Waals surface area (Å²) in [4.78, 5) is 0. The van der Waals surface area contributed by atoms with Gasteiger partial charge in [0.05, 0.1) is 7.11 Å². The van der Waals surface area contributed by atoms with Crippen LogP contribution in [0.2, 0.25) is 0 Å². The van der Waals surface area contributed by atoms with Gasteiger partial charge in [0.1, 0.15) is 23.4 Å². The first-order valence-corrected chi connectivity index (χ1v) is 6.08. The van der Waals surface area contributed by atoms with Crippen LogP contribution in [0.3, 0.4) is 0 Å². The second-order valence-electron chi connectivity index (χ2n) is 4.21. The summed E-state index contributed by atoms with van der Waals surface area (Å²) in [5.41, 5.74) is 0.226. The molecule has 2 aromatic rings. The molecule has 2 aromatic carbocycles. The Morgan fingerprint density at radius 3 is 2.38 bits per heavy atom. The van der Waals surface area contributed by atoms with Gasteiger partial charge in [-0.2, -0.15) is 8.78 Å². The minimum atomic E-state index is -3.02. The molecule has 0 amide bonds. The van der Waals surface area contributed by atoms with E-state index in [2.05, 4.69) is 4.74 Å². The third-order valence-electron chi connectivity index (χ3n) is 2.92. The molecule has 112 valence electrons. The summed E-state index contributed by atoms with van der Waals surface area (Å²) < 4.78 is 47.5. The van der Waals surface area contributed by atoms with Crippen LogP contribution in [0, 0.1) is 5.82 Å². The molecule has 1 N–H and O–H groups in total. The lowest BCUT2D eigenvalue weighted by Gasteiger charge is -2.18. The van der Waals surface area contributed by atoms with Crippen LogP contribution >= 0.6 is 0 Å². The summed E-state index contributed by atoms with van der Waals surface area (Å²) in [6.45, 7) is -3.02.